The Labute approximate surface area is 125 Å². The fourth-order valence-corrected chi connectivity index (χ4v) is 2.31. The number of ether oxygens (including phenoxy) is 2. The molecule has 0 fully saturated rings. The predicted molar refractivity (Wildman–Crippen MR) is 82.2 cm³/mol. The molecular formula is C18H20O3. The lowest BCUT2D eigenvalue weighted by Crippen LogP contribution is -2.13. The van der Waals surface area contributed by atoms with Gasteiger partial charge in [-0.2, -0.15) is 0 Å². The zero-order valence-electron chi connectivity index (χ0n) is 12.2. The van der Waals surface area contributed by atoms with Crippen LogP contribution in [0.5, 0.6) is 0 Å². The molecule has 0 aliphatic rings. The first-order valence-corrected chi connectivity index (χ1v) is 7.05. The number of carbonyl (C=O) groups is 1. The van der Waals surface area contributed by atoms with Gasteiger partial charge in [0.2, 0.25) is 0 Å². The summed E-state index contributed by atoms with van der Waals surface area (Å²) < 4.78 is 9.95. The van der Waals surface area contributed by atoms with Gasteiger partial charge >= 0.3 is 5.97 Å². The zero-order valence-corrected chi connectivity index (χ0v) is 12.2. The highest BCUT2D eigenvalue weighted by Crippen LogP contribution is 2.27. The molecule has 0 radical (unpaired) electrons. The van der Waals surface area contributed by atoms with Crippen LogP contribution in [0, 0.1) is 0 Å². The maximum atomic E-state index is 11.0. The molecule has 2 rings (SSSR count). The molecule has 3 heteroatoms. The topological polar surface area (TPSA) is 35.5 Å². The van der Waals surface area contributed by atoms with E-state index in [0.717, 1.165) is 6.42 Å². The lowest BCUT2D eigenvalue weighted by molar-refractivity contribution is -0.145. The maximum absolute atomic E-state index is 11.0. The molecular weight excluding hydrogens is 264 g/mol. The Kier molecular flexibility index (Phi) is 5.98. The van der Waals surface area contributed by atoms with Crippen LogP contribution in [0.1, 0.15) is 23.5 Å². The molecule has 3 nitrogen and oxygen atoms in total. The Balaban J connectivity index is 2.02. The largest absolute Gasteiger partial charge is 0.467 e. The third-order valence-corrected chi connectivity index (χ3v) is 3.40. The highest BCUT2D eigenvalue weighted by molar-refractivity contribution is 5.70. The Hall–Kier alpha value is -2.13. The van der Waals surface area contributed by atoms with Crippen LogP contribution in [0.25, 0.3) is 0 Å². The van der Waals surface area contributed by atoms with E-state index in [-0.39, 0.29) is 18.5 Å². The highest BCUT2D eigenvalue weighted by Gasteiger charge is 2.13. The van der Waals surface area contributed by atoms with Gasteiger partial charge in [0.05, 0.1) is 7.11 Å². The normalized spacial score (nSPS) is 10.6. The van der Waals surface area contributed by atoms with E-state index in [0.29, 0.717) is 6.61 Å². The van der Waals surface area contributed by atoms with E-state index in [1.54, 1.807) is 0 Å². The summed E-state index contributed by atoms with van der Waals surface area (Å²) in [5, 5.41) is 0. The van der Waals surface area contributed by atoms with Crippen LogP contribution in [0.3, 0.4) is 0 Å². The molecule has 0 aliphatic carbocycles. The van der Waals surface area contributed by atoms with Gasteiger partial charge in [-0.25, -0.2) is 4.79 Å². The summed E-state index contributed by atoms with van der Waals surface area (Å²) >= 11 is 0. The second-order valence-corrected chi connectivity index (χ2v) is 4.79. The van der Waals surface area contributed by atoms with Crippen molar-refractivity contribution in [3.8, 4) is 0 Å². The van der Waals surface area contributed by atoms with E-state index in [1.165, 1.54) is 18.2 Å². The number of hydrogen-bond donors (Lipinski definition) is 0. The maximum Gasteiger partial charge on any atom is 0.331 e. The average molecular weight is 284 g/mol. The van der Waals surface area contributed by atoms with Crippen molar-refractivity contribution in [2.24, 2.45) is 0 Å². The molecule has 0 spiro atoms. The molecule has 0 saturated carbocycles. The standard InChI is InChI=1S/C18H20O3/c1-20-18(19)14-21-13-12-17(15-8-4-2-5-9-15)16-10-6-3-7-11-16/h2-11,17H,12-14H2,1H3. The van der Waals surface area contributed by atoms with Crippen LogP contribution in [-0.2, 0) is 14.3 Å². The Morgan fingerprint density at radius 2 is 1.48 bits per heavy atom. The van der Waals surface area contributed by atoms with Crippen LogP contribution in [0.15, 0.2) is 60.7 Å². The molecule has 0 aromatic heterocycles. The molecule has 0 amide bonds. The fourth-order valence-electron chi connectivity index (χ4n) is 2.31. The molecule has 0 unspecified atom stereocenters. The molecule has 21 heavy (non-hydrogen) atoms. The zero-order chi connectivity index (χ0) is 14.9. The van der Waals surface area contributed by atoms with Crippen LogP contribution >= 0.6 is 0 Å². The number of methoxy groups -OCH3 is 1. The van der Waals surface area contributed by atoms with Gasteiger partial charge in [-0.1, -0.05) is 60.7 Å². The number of carbonyl (C=O) groups excluding carboxylic acids is 1. The van der Waals surface area contributed by atoms with Crippen molar-refractivity contribution in [3.63, 3.8) is 0 Å². The molecule has 2 aromatic carbocycles. The SMILES string of the molecule is COC(=O)COCCC(c1ccccc1)c1ccccc1. The summed E-state index contributed by atoms with van der Waals surface area (Å²) in [4.78, 5) is 11.0. The summed E-state index contributed by atoms with van der Waals surface area (Å²) in [5.74, 6) is -0.0731. The van der Waals surface area contributed by atoms with E-state index >= 15 is 0 Å². The van der Waals surface area contributed by atoms with Crippen LogP contribution < -0.4 is 0 Å². The minimum absolute atomic E-state index is 0.00675. The third-order valence-electron chi connectivity index (χ3n) is 3.40. The van der Waals surface area contributed by atoms with Gasteiger partial charge < -0.3 is 9.47 Å². The summed E-state index contributed by atoms with van der Waals surface area (Å²) in [6.45, 7) is 0.524. The second kappa shape index (κ2) is 8.22. The van der Waals surface area contributed by atoms with Gasteiger partial charge in [-0.05, 0) is 17.5 Å². The van der Waals surface area contributed by atoms with Gasteiger partial charge in [0, 0.05) is 12.5 Å². The first kappa shape index (κ1) is 15.3. The Morgan fingerprint density at radius 1 is 0.952 bits per heavy atom. The monoisotopic (exact) mass is 284 g/mol. The number of rotatable bonds is 7. The van der Waals surface area contributed by atoms with Crippen molar-refractivity contribution in [3.05, 3.63) is 71.8 Å². The first-order chi connectivity index (χ1) is 10.3. The molecule has 110 valence electrons. The van der Waals surface area contributed by atoms with E-state index in [1.807, 2.05) is 36.4 Å². The number of esters is 1. The molecule has 2 aromatic rings. The van der Waals surface area contributed by atoms with E-state index in [9.17, 15) is 4.79 Å². The third kappa shape index (κ3) is 4.72. The Morgan fingerprint density at radius 3 is 1.95 bits per heavy atom. The number of hydrogen-bond acceptors (Lipinski definition) is 3. The summed E-state index contributed by atoms with van der Waals surface area (Å²) in [6.07, 6.45) is 0.824. The van der Waals surface area contributed by atoms with Crippen molar-refractivity contribution in [2.45, 2.75) is 12.3 Å². The highest BCUT2D eigenvalue weighted by atomic mass is 16.6. The van der Waals surface area contributed by atoms with Gasteiger partial charge in [0.15, 0.2) is 0 Å². The second-order valence-electron chi connectivity index (χ2n) is 4.79. The summed E-state index contributed by atoms with van der Waals surface area (Å²) in [6, 6.07) is 20.7. The molecule has 0 aliphatic heterocycles. The van der Waals surface area contributed by atoms with Crippen molar-refractivity contribution in [1.82, 2.24) is 0 Å². The fraction of sp³-hybridized carbons (Fsp3) is 0.278. The quantitative estimate of drug-likeness (QED) is 0.577. The van der Waals surface area contributed by atoms with Crippen LogP contribution in [-0.4, -0.2) is 26.3 Å². The molecule has 0 N–H and O–H groups in total. The van der Waals surface area contributed by atoms with Crippen molar-refractivity contribution >= 4 is 5.97 Å². The van der Waals surface area contributed by atoms with E-state index in [2.05, 4.69) is 29.0 Å². The predicted octanol–water partition coefficient (Wildman–Crippen LogP) is 3.40. The Bertz CT molecular complexity index is 497. The smallest absolute Gasteiger partial charge is 0.331 e. The van der Waals surface area contributed by atoms with E-state index in [4.69, 9.17) is 4.74 Å². The number of benzene rings is 2. The van der Waals surface area contributed by atoms with Gasteiger partial charge in [-0.3, -0.25) is 0 Å². The van der Waals surface area contributed by atoms with Crippen molar-refractivity contribution in [2.75, 3.05) is 20.3 Å². The summed E-state index contributed by atoms with van der Waals surface area (Å²) in [7, 11) is 1.36. The molecule has 0 bridgehead atoms. The lowest BCUT2D eigenvalue weighted by atomic mass is 9.89. The van der Waals surface area contributed by atoms with Crippen LogP contribution in [0.2, 0.25) is 0 Å². The minimum Gasteiger partial charge on any atom is -0.467 e. The van der Waals surface area contributed by atoms with Gasteiger partial charge in [0.25, 0.3) is 0 Å². The molecule has 0 saturated heterocycles. The van der Waals surface area contributed by atoms with Crippen LogP contribution in [0.4, 0.5) is 0 Å². The summed E-state index contributed by atoms with van der Waals surface area (Å²) in [5.41, 5.74) is 2.51. The minimum atomic E-state index is -0.342. The molecule has 0 atom stereocenters. The van der Waals surface area contributed by atoms with Crippen molar-refractivity contribution in [1.29, 1.82) is 0 Å². The van der Waals surface area contributed by atoms with Crippen molar-refractivity contribution < 1.29 is 14.3 Å². The average Bonchev–Trinajstić information content (AvgIpc) is 2.56. The van der Waals surface area contributed by atoms with Gasteiger partial charge in [-0.15, -0.1) is 0 Å². The van der Waals surface area contributed by atoms with E-state index < -0.39 is 0 Å². The first-order valence-electron chi connectivity index (χ1n) is 7.05. The lowest BCUT2D eigenvalue weighted by Gasteiger charge is -2.18. The molecule has 0 heterocycles. The van der Waals surface area contributed by atoms with Gasteiger partial charge in [0.1, 0.15) is 6.61 Å².